The van der Waals surface area contributed by atoms with Gasteiger partial charge in [-0.15, -0.1) is 0 Å². The van der Waals surface area contributed by atoms with Crippen molar-refractivity contribution in [2.24, 2.45) is 0 Å². The molecule has 2 aliphatic rings. The van der Waals surface area contributed by atoms with Crippen LogP contribution in [0.2, 0.25) is 0 Å². The summed E-state index contributed by atoms with van der Waals surface area (Å²) in [5.41, 5.74) is 0.746. The molecule has 0 atom stereocenters. The van der Waals surface area contributed by atoms with Crippen LogP contribution < -0.4 is 24.4 Å². The molecule has 0 radical (unpaired) electrons. The van der Waals surface area contributed by atoms with Crippen molar-refractivity contribution >= 4 is 29.6 Å². The number of hydrogen-bond donors (Lipinski definition) is 1. The number of nitrogens with one attached hydrogen (secondary N) is 1. The minimum Gasteiger partial charge on any atom is -0.491 e. The Bertz CT molecular complexity index is 1030. The predicted molar refractivity (Wildman–Crippen MR) is 104 cm³/mol. The molecule has 148 valence electrons. The summed E-state index contributed by atoms with van der Waals surface area (Å²) in [5.74, 6) is 0.152. The predicted octanol–water partition coefficient (Wildman–Crippen LogP) is 2.87. The Balaban J connectivity index is 1.63. The Morgan fingerprint density at radius 3 is 2.48 bits per heavy atom. The lowest BCUT2D eigenvalue weighted by Gasteiger charge is -2.26. The van der Waals surface area contributed by atoms with Crippen molar-refractivity contribution in [2.75, 3.05) is 11.7 Å². The van der Waals surface area contributed by atoms with Gasteiger partial charge in [-0.25, -0.2) is 9.69 Å². The van der Waals surface area contributed by atoms with Crippen LogP contribution in [0.4, 0.5) is 10.5 Å². The Kier molecular flexibility index (Phi) is 4.67. The lowest BCUT2D eigenvalue weighted by atomic mass is 10.1. The number of nitrogens with zero attached hydrogens (tertiary/aromatic N) is 1. The number of carbonyl (C=O) groups excluding carboxylic acids is 3. The molecule has 0 bridgehead atoms. The summed E-state index contributed by atoms with van der Waals surface area (Å²) < 4.78 is 16.1. The summed E-state index contributed by atoms with van der Waals surface area (Å²) in [4.78, 5) is 38.4. The molecule has 1 N–H and O–H groups in total. The van der Waals surface area contributed by atoms with Crippen molar-refractivity contribution < 1.29 is 28.6 Å². The van der Waals surface area contributed by atoms with Crippen LogP contribution in [0.15, 0.2) is 48.0 Å². The van der Waals surface area contributed by atoms with E-state index in [0.29, 0.717) is 22.8 Å². The summed E-state index contributed by atoms with van der Waals surface area (Å²) in [7, 11) is 0. The summed E-state index contributed by atoms with van der Waals surface area (Å²) in [6, 6.07) is 10.8. The highest BCUT2D eigenvalue weighted by molar-refractivity contribution is 6.39. The molecule has 2 aromatic carbocycles. The molecule has 8 heteroatoms. The Morgan fingerprint density at radius 1 is 1.03 bits per heavy atom. The number of benzene rings is 2. The van der Waals surface area contributed by atoms with Gasteiger partial charge in [-0.3, -0.25) is 14.9 Å². The highest BCUT2D eigenvalue weighted by Gasteiger charge is 2.37. The van der Waals surface area contributed by atoms with Crippen molar-refractivity contribution in [1.82, 2.24) is 5.32 Å². The van der Waals surface area contributed by atoms with Gasteiger partial charge in [0.05, 0.1) is 11.8 Å². The van der Waals surface area contributed by atoms with Crippen molar-refractivity contribution in [2.45, 2.75) is 20.0 Å². The smallest absolute Gasteiger partial charge is 0.335 e. The normalized spacial score (nSPS) is 17.1. The third-order valence-electron chi connectivity index (χ3n) is 4.28. The van der Waals surface area contributed by atoms with E-state index >= 15 is 0 Å². The number of carbonyl (C=O) groups is 3. The van der Waals surface area contributed by atoms with Gasteiger partial charge in [0.15, 0.2) is 11.5 Å². The fourth-order valence-corrected chi connectivity index (χ4v) is 3.00. The van der Waals surface area contributed by atoms with Gasteiger partial charge in [0, 0.05) is 6.07 Å². The number of imide groups is 2. The molecule has 0 unspecified atom stereocenters. The standard InChI is InChI=1S/C21H18N2O6/c1-12(2)29-15-6-3-13(4-7-15)9-16-19(24)22-21(26)23(20(16)25)14-5-8-17-18(10-14)28-11-27-17/h3-10,12H,11H2,1-2H3,(H,22,24,26)/b16-9+. The van der Waals surface area contributed by atoms with E-state index in [4.69, 9.17) is 14.2 Å². The molecule has 1 fully saturated rings. The molecule has 0 saturated carbocycles. The summed E-state index contributed by atoms with van der Waals surface area (Å²) in [6.07, 6.45) is 1.47. The topological polar surface area (TPSA) is 94.2 Å². The van der Waals surface area contributed by atoms with Crippen LogP contribution in [0, 0.1) is 0 Å². The summed E-state index contributed by atoms with van der Waals surface area (Å²) in [5, 5.41) is 2.20. The number of hydrogen-bond acceptors (Lipinski definition) is 6. The van der Waals surface area contributed by atoms with E-state index in [0.717, 1.165) is 4.90 Å². The summed E-state index contributed by atoms with van der Waals surface area (Å²) >= 11 is 0. The van der Waals surface area contributed by atoms with Gasteiger partial charge in [0.1, 0.15) is 11.3 Å². The lowest BCUT2D eigenvalue weighted by molar-refractivity contribution is -0.122. The number of rotatable bonds is 4. The molecule has 0 spiro atoms. The molecular formula is C21H18N2O6. The SMILES string of the molecule is CC(C)Oc1ccc(/C=C2\C(=O)NC(=O)N(c3ccc4c(c3)OCO4)C2=O)cc1. The first-order valence-electron chi connectivity index (χ1n) is 9.00. The zero-order valence-corrected chi connectivity index (χ0v) is 15.8. The van der Waals surface area contributed by atoms with Gasteiger partial charge in [-0.2, -0.15) is 0 Å². The van der Waals surface area contributed by atoms with Crippen molar-refractivity contribution in [3.63, 3.8) is 0 Å². The maximum Gasteiger partial charge on any atom is 0.335 e. The number of urea groups is 1. The van der Waals surface area contributed by atoms with Gasteiger partial charge in [-0.1, -0.05) is 12.1 Å². The highest BCUT2D eigenvalue weighted by atomic mass is 16.7. The average molecular weight is 394 g/mol. The van der Waals surface area contributed by atoms with E-state index in [-0.39, 0.29) is 24.2 Å². The van der Waals surface area contributed by atoms with Crippen LogP contribution in [0.3, 0.4) is 0 Å². The van der Waals surface area contributed by atoms with Crippen LogP contribution in [0.5, 0.6) is 17.2 Å². The van der Waals surface area contributed by atoms with Crippen molar-refractivity contribution in [1.29, 1.82) is 0 Å². The van der Waals surface area contributed by atoms with E-state index in [1.807, 2.05) is 13.8 Å². The van der Waals surface area contributed by atoms with Gasteiger partial charge in [0.25, 0.3) is 11.8 Å². The maximum absolute atomic E-state index is 12.9. The molecule has 0 aromatic heterocycles. The molecule has 1 saturated heterocycles. The highest BCUT2D eigenvalue weighted by Crippen LogP contribution is 2.36. The van der Waals surface area contributed by atoms with Gasteiger partial charge >= 0.3 is 6.03 Å². The van der Waals surface area contributed by atoms with Gasteiger partial charge in [-0.05, 0) is 49.8 Å². The summed E-state index contributed by atoms with van der Waals surface area (Å²) in [6.45, 7) is 3.91. The first kappa shape index (κ1) is 18.5. The van der Waals surface area contributed by atoms with Crippen LogP contribution in [-0.2, 0) is 9.59 Å². The number of amides is 4. The number of barbiturate groups is 1. The van der Waals surface area contributed by atoms with E-state index in [2.05, 4.69) is 5.32 Å². The molecule has 4 amide bonds. The third-order valence-corrected chi connectivity index (χ3v) is 4.28. The molecule has 2 aromatic rings. The van der Waals surface area contributed by atoms with E-state index in [1.165, 1.54) is 12.1 Å². The Morgan fingerprint density at radius 2 is 1.76 bits per heavy atom. The average Bonchev–Trinajstić information content (AvgIpc) is 3.14. The Labute approximate surface area is 166 Å². The first-order chi connectivity index (χ1) is 13.9. The second kappa shape index (κ2) is 7.31. The maximum atomic E-state index is 12.9. The minimum absolute atomic E-state index is 0.0335. The Hall–Kier alpha value is -3.81. The van der Waals surface area contributed by atoms with E-state index in [1.54, 1.807) is 36.4 Å². The quantitative estimate of drug-likeness (QED) is 0.633. The number of anilines is 1. The van der Waals surface area contributed by atoms with Crippen molar-refractivity contribution in [3.05, 3.63) is 53.6 Å². The van der Waals surface area contributed by atoms with Crippen LogP contribution in [0.1, 0.15) is 19.4 Å². The zero-order chi connectivity index (χ0) is 20.5. The molecular weight excluding hydrogens is 376 g/mol. The van der Waals surface area contributed by atoms with Gasteiger partial charge < -0.3 is 14.2 Å². The van der Waals surface area contributed by atoms with Crippen molar-refractivity contribution in [3.8, 4) is 17.2 Å². The molecule has 29 heavy (non-hydrogen) atoms. The largest absolute Gasteiger partial charge is 0.491 e. The molecule has 2 heterocycles. The zero-order valence-electron chi connectivity index (χ0n) is 15.8. The minimum atomic E-state index is -0.823. The monoisotopic (exact) mass is 394 g/mol. The fraction of sp³-hybridized carbons (Fsp3) is 0.190. The van der Waals surface area contributed by atoms with E-state index < -0.39 is 17.8 Å². The molecule has 0 aliphatic carbocycles. The second-order valence-electron chi connectivity index (χ2n) is 6.73. The first-order valence-corrected chi connectivity index (χ1v) is 9.00. The molecule has 8 nitrogen and oxygen atoms in total. The molecule has 2 aliphatic heterocycles. The third kappa shape index (κ3) is 3.64. The van der Waals surface area contributed by atoms with E-state index in [9.17, 15) is 14.4 Å². The second-order valence-corrected chi connectivity index (χ2v) is 6.73. The van der Waals surface area contributed by atoms with Crippen LogP contribution >= 0.6 is 0 Å². The number of ether oxygens (including phenoxy) is 3. The number of fused-ring (bicyclic) bond motifs is 1. The fourth-order valence-electron chi connectivity index (χ4n) is 3.00. The lowest BCUT2D eigenvalue weighted by Crippen LogP contribution is -2.54. The molecule has 4 rings (SSSR count). The van der Waals surface area contributed by atoms with Crippen LogP contribution in [-0.4, -0.2) is 30.7 Å². The van der Waals surface area contributed by atoms with Crippen LogP contribution in [0.25, 0.3) is 6.08 Å². The van der Waals surface area contributed by atoms with Gasteiger partial charge in [0.2, 0.25) is 6.79 Å².